The molecule has 1 amide bonds. The van der Waals surface area contributed by atoms with Crippen LogP contribution in [-0.2, 0) is 24.3 Å². The molecule has 1 heterocycles. The molecular formula is C16H22N2O7S. The molecule has 0 bridgehead atoms. The maximum atomic E-state index is 12.3. The number of primary sulfonamides is 1. The maximum Gasteiger partial charge on any atom is 0.342 e. The summed E-state index contributed by atoms with van der Waals surface area (Å²) in [5.41, 5.74) is -0.129. The molecule has 2 rings (SSSR count). The lowest BCUT2D eigenvalue weighted by atomic mass is 10.2. The zero-order valence-corrected chi connectivity index (χ0v) is 15.6. The van der Waals surface area contributed by atoms with Gasteiger partial charge in [-0.1, -0.05) is 0 Å². The van der Waals surface area contributed by atoms with Crippen molar-refractivity contribution in [2.75, 3.05) is 26.8 Å². The third-order valence-electron chi connectivity index (χ3n) is 3.82. The molecule has 26 heavy (non-hydrogen) atoms. The molecular weight excluding hydrogens is 364 g/mol. The van der Waals surface area contributed by atoms with Gasteiger partial charge in [-0.3, -0.25) is 4.79 Å². The van der Waals surface area contributed by atoms with E-state index >= 15 is 0 Å². The lowest BCUT2D eigenvalue weighted by molar-refractivity contribution is -0.146. The lowest BCUT2D eigenvalue weighted by Gasteiger charge is -2.35. The molecule has 1 aliphatic rings. The number of hydrogen-bond acceptors (Lipinski definition) is 7. The Kier molecular flexibility index (Phi) is 6.21. The van der Waals surface area contributed by atoms with E-state index in [0.717, 1.165) is 6.07 Å². The molecule has 1 aliphatic heterocycles. The number of morpholine rings is 1. The van der Waals surface area contributed by atoms with Crippen LogP contribution < -0.4 is 9.88 Å². The van der Waals surface area contributed by atoms with Crippen LogP contribution in [0.3, 0.4) is 0 Å². The minimum atomic E-state index is -4.00. The van der Waals surface area contributed by atoms with E-state index in [1.807, 2.05) is 13.8 Å². The minimum Gasteiger partial charge on any atom is -0.496 e. The molecule has 1 aromatic carbocycles. The summed E-state index contributed by atoms with van der Waals surface area (Å²) in [5, 5.41) is 5.07. The van der Waals surface area contributed by atoms with Crippen LogP contribution in [0.25, 0.3) is 0 Å². The monoisotopic (exact) mass is 386 g/mol. The van der Waals surface area contributed by atoms with Crippen molar-refractivity contribution in [3.8, 4) is 5.75 Å². The van der Waals surface area contributed by atoms with Crippen molar-refractivity contribution in [2.24, 2.45) is 5.14 Å². The van der Waals surface area contributed by atoms with Crippen molar-refractivity contribution in [1.29, 1.82) is 0 Å². The van der Waals surface area contributed by atoms with Crippen LogP contribution >= 0.6 is 0 Å². The van der Waals surface area contributed by atoms with Crippen LogP contribution in [0.1, 0.15) is 24.2 Å². The van der Waals surface area contributed by atoms with E-state index < -0.39 is 22.6 Å². The van der Waals surface area contributed by atoms with Gasteiger partial charge in [0.2, 0.25) is 10.0 Å². The number of sulfonamides is 1. The second-order valence-corrected chi connectivity index (χ2v) is 7.60. The van der Waals surface area contributed by atoms with Gasteiger partial charge >= 0.3 is 5.97 Å². The van der Waals surface area contributed by atoms with E-state index in [2.05, 4.69) is 0 Å². The summed E-state index contributed by atoms with van der Waals surface area (Å²) < 4.78 is 38.5. The molecule has 1 saturated heterocycles. The molecule has 2 atom stereocenters. The molecule has 2 N–H and O–H groups in total. The second kappa shape index (κ2) is 8.02. The first-order chi connectivity index (χ1) is 12.1. The van der Waals surface area contributed by atoms with E-state index in [1.54, 1.807) is 4.90 Å². The molecule has 0 radical (unpaired) electrons. The van der Waals surface area contributed by atoms with Gasteiger partial charge in [0.1, 0.15) is 11.3 Å². The van der Waals surface area contributed by atoms with Crippen molar-refractivity contribution >= 4 is 21.9 Å². The van der Waals surface area contributed by atoms with Crippen LogP contribution in [0.15, 0.2) is 23.1 Å². The molecule has 0 spiro atoms. The Morgan fingerprint density at radius 1 is 1.27 bits per heavy atom. The Bertz CT molecular complexity index is 784. The summed E-state index contributed by atoms with van der Waals surface area (Å²) in [6.45, 7) is 4.05. The van der Waals surface area contributed by atoms with Gasteiger partial charge in [-0.15, -0.1) is 0 Å². The molecule has 0 aromatic heterocycles. The third kappa shape index (κ3) is 4.93. The van der Waals surface area contributed by atoms with E-state index in [1.165, 1.54) is 19.2 Å². The number of carbonyl (C=O) groups excluding carboxylic acids is 2. The first-order valence-corrected chi connectivity index (χ1v) is 9.47. The van der Waals surface area contributed by atoms with Gasteiger partial charge in [-0.25, -0.2) is 18.4 Å². The number of amides is 1. The van der Waals surface area contributed by atoms with Crippen LogP contribution in [-0.4, -0.2) is 64.2 Å². The fraction of sp³-hybridized carbons (Fsp3) is 0.500. The van der Waals surface area contributed by atoms with Crippen molar-refractivity contribution in [1.82, 2.24) is 4.90 Å². The van der Waals surface area contributed by atoms with E-state index in [0.29, 0.717) is 13.1 Å². The second-order valence-electron chi connectivity index (χ2n) is 6.04. The Labute approximate surface area is 152 Å². The van der Waals surface area contributed by atoms with Crippen LogP contribution in [0.5, 0.6) is 5.75 Å². The first kappa shape index (κ1) is 20.1. The largest absolute Gasteiger partial charge is 0.496 e. The van der Waals surface area contributed by atoms with Gasteiger partial charge in [-0.05, 0) is 32.0 Å². The van der Waals surface area contributed by atoms with Gasteiger partial charge in [0, 0.05) is 13.1 Å². The van der Waals surface area contributed by atoms with Gasteiger partial charge in [0.25, 0.3) is 5.91 Å². The number of benzene rings is 1. The van der Waals surface area contributed by atoms with Gasteiger partial charge in [-0.2, -0.15) is 0 Å². The average Bonchev–Trinajstić information content (AvgIpc) is 2.57. The number of nitrogens with two attached hydrogens (primary N) is 1. The number of methoxy groups -OCH3 is 1. The maximum absolute atomic E-state index is 12.3. The van der Waals surface area contributed by atoms with Gasteiger partial charge in [0.05, 0.1) is 24.2 Å². The summed E-state index contributed by atoms with van der Waals surface area (Å²) >= 11 is 0. The molecule has 2 unspecified atom stereocenters. The number of esters is 1. The summed E-state index contributed by atoms with van der Waals surface area (Å²) in [4.78, 5) is 25.8. The molecule has 1 fully saturated rings. The molecule has 0 aliphatic carbocycles. The highest BCUT2D eigenvalue weighted by atomic mass is 32.2. The van der Waals surface area contributed by atoms with Crippen molar-refractivity contribution in [3.63, 3.8) is 0 Å². The summed E-state index contributed by atoms with van der Waals surface area (Å²) in [6.07, 6.45) is -0.213. The highest BCUT2D eigenvalue weighted by molar-refractivity contribution is 7.89. The number of ether oxygens (including phenoxy) is 3. The number of carbonyl (C=O) groups is 2. The van der Waals surface area contributed by atoms with Crippen LogP contribution in [0.2, 0.25) is 0 Å². The van der Waals surface area contributed by atoms with E-state index in [-0.39, 0.29) is 34.3 Å². The Balaban J connectivity index is 2.08. The van der Waals surface area contributed by atoms with Crippen LogP contribution in [0, 0.1) is 0 Å². The lowest BCUT2D eigenvalue weighted by Crippen LogP contribution is -2.49. The Morgan fingerprint density at radius 3 is 2.42 bits per heavy atom. The molecule has 10 heteroatoms. The SMILES string of the molecule is COc1ccc(S(N)(=O)=O)cc1C(=O)OCC(=O)N1CC(C)OC(C)C1. The van der Waals surface area contributed by atoms with Crippen molar-refractivity contribution < 1.29 is 32.2 Å². The standard InChI is InChI=1S/C16H22N2O7S/c1-10-7-18(8-11(2)25-10)15(19)9-24-16(20)13-6-12(26(17,21)22)4-5-14(13)23-3/h4-6,10-11H,7-9H2,1-3H3,(H2,17,21,22). The molecule has 9 nitrogen and oxygen atoms in total. The average molecular weight is 386 g/mol. The normalized spacial score (nSPS) is 20.5. The summed E-state index contributed by atoms with van der Waals surface area (Å²) in [5.74, 6) is -1.12. The molecule has 0 saturated carbocycles. The van der Waals surface area contributed by atoms with Gasteiger partial charge in [0.15, 0.2) is 6.61 Å². The zero-order chi connectivity index (χ0) is 19.5. The van der Waals surface area contributed by atoms with Crippen molar-refractivity contribution in [2.45, 2.75) is 31.0 Å². The number of rotatable bonds is 5. The quantitative estimate of drug-likeness (QED) is 0.713. The first-order valence-electron chi connectivity index (χ1n) is 7.93. The number of nitrogens with zero attached hydrogens (tertiary/aromatic N) is 1. The Morgan fingerprint density at radius 2 is 1.88 bits per heavy atom. The fourth-order valence-corrected chi connectivity index (χ4v) is 3.24. The van der Waals surface area contributed by atoms with Crippen LogP contribution in [0.4, 0.5) is 0 Å². The highest BCUT2D eigenvalue weighted by Crippen LogP contribution is 2.23. The fourth-order valence-electron chi connectivity index (χ4n) is 2.70. The molecule has 144 valence electrons. The topological polar surface area (TPSA) is 125 Å². The third-order valence-corrected chi connectivity index (χ3v) is 4.73. The molecule has 1 aromatic rings. The van der Waals surface area contributed by atoms with E-state index in [9.17, 15) is 18.0 Å². The predicted molar refractivity (Wildman–Crippen MR) is 91.2 cm³/mol. The van der Waals surface area contributed by atoms with E-state index in [4.69, 9.17) is 19.3 Å². The predicted octanol–water partition coefficient (Wildman–Crippen LogP) is 0.135. The Hall–Kier alpha value is -2.17. The smallest absolute Gasteiger partial charge is 0.342 e. The van der Waals surface area contributed by atoms with Gasteiger partial charge < -0.3 is 19.1 Å². The minimum absolute atomic E-state index is 0.107. The summed E-state index contributed by atoms with van der Waals surface area (Å²) in [6, 6.07) is 3.57. The van der Waals surface area contributed by atoms with Crippen molar-refractivity contribution in [3.05, 3.63) is 23.8 Å². The zero-order valence-electron chi connectivity index (χ0n) is 14.8. The number of hydrogen-bond donors (Lipinski definition) is 1. The highest BCUT2D eigenvalue weighted by Gasteiger charge is 2.27. The summed E-state index contributed by atoms with van der Waals surface area (Å²) in [7, 11) is -2.67.